The molecule has 3 rings (SSSR count). The molecule has 0 radical (unpaired) electrons. The summed E-state index contributed by atoms with van der Waals surface area (Å²) in [6.45, 7) is 4.02. The summed E-state index contributed by atoms with van der Waals surface area (Å²) < 4.78 is 22.7. The van der Waals surface area contributed by atoms with Crippen molar-refractivity contribution in [2.24, 2.45) is 4.99 Å². The Bertz CT molecular complexity index is 965. The van der Waals surface area contributed by atoms with E-state index in [1.165, 1.54) is 5.56 Å². The van der Waals surface area contributed by atoms with Crippen LogP contribution in [-0.4, -0.2) is 26.2 Å². The first kappa shape index (κ1) is 21.2. The second-order valence-electron chi connectivity index (χ2n) is 6.69. The third-order valence-electron chi connectivity index (χ3n) is 4.56. The van der Waals surface area contributed by atoms with Crippen molar-refractivity contribution in [3.8, 4) is 23.0 Å². The van der Waals surface area contributed by atoms with E-state index in [1.54, 1.807) is 14.2 Å². The third-order valence-corrected chi connectivity index (χ3v) is 4.56. The van der Waals surface area contributed by atoms with E-state index in [2.05, 4.69) is 13.0 Å². The second-order valence-corrected chi connectivity index (χ2v) is 6.69. The standard InChI is InChI=1S/C25H27NO4/c1-5-19-7-6-8-24(17-19)30-25(26-20-9-11-21(27-3)12-10-20)18(2)29-23-15-13-22(28-4)14-16-23/h6-18H,5H2,1-4H3. The molecule has 3 aromatic rings. The molecule has 0 saturated heterocycles. The van der Waals surface area contributed by atoms with Gasteiger partial charge in [-0.25, -0.2) is 4.99 Å². The summed E-state index contributed by atoms with van der Waals surface area (Å²) in [5.74, 6) is 3.44. The largest absolute Gasteiger partial charge is 0.497 e. The summed E-state index contributed by atoms with van der Waals surface area (Å²) in [4.78, 5) is 4.70. The van der Waals surface area contributed by atoms with Gasteiger partial charge in [0.1, 0.15) is 23.0 Å². The average molecular weight is 405 g/mol. The zero-order valence-corrected chi connectivity index (χ0v) is 17.8. The molecule has 5 nitrogen and oxygen atoms in total. The Morgan fingerprint density at radius 2 is 1.40 bits per heavy atom. The van der Waals surface area contributed by atoms with Crippen LogP contribution in [0.4, 0.5) is 5.69 Å². The predicted octanol–water partition coefficient (Wildman–Crippen LogP) is 5.84. The molecule has 156 valence electrons. The van der Waals surface area contributed by atoms with Crippen LogP contribution >= 0.6 is 0 Å². The Morgan fingerprint density at radius 3 is 2.00 bits per heavy atom. The summed E-state index contributed by atoms with van der Waals surface area (Å²) in [5.41, 5.74) is 1.95. The number of aliphatic imine (C=N–C) groups is 1. The fourth-order valence-electron chi connectivity index (χ4n) is 2.84. The van der Waals surface area contributed by atoms with Crippen LogP contribution in [0.25, 0.3) is 0 Å². The molecule has 0 aliphatic carbocycles. The molecule has 0 amide bonds. The van der Waals surface area contributed by atoms with E-state index >= 15 is 0 Å². The summed E-state index contributed by atoms with van der Waals surface area (Å²) in [5, 5.41) is 0. The van der Waals surface area contributed by atoms with E-state index in [4.69, 9.17) is 23.9 Å². The summed E-state index contributed by atoms with van der Waals surface area (Å²) in [6, 6.07) is 22.9. The molecular weight excluding hydrogens is 378 g/mol. The molecule has 30 heavy (non-hydrogen) atoms. The first-order chi connectivity index (χ1) is 14.6. The monoisotopic (exact) mass is 405 g/mol. The van der Waals surface area contributed by atoms with Gasteiger partial charge in [-0.05, 0) is 79.6 Å². The highest BCUT2D eigenvalue weighted by molar-refractivity contribution is 5.85. The van der Waals surface area contributed by atoms with Crippen LogP contribution in [0.3, 0.4) is 0 Å². The highest BCUT2D eigenvalue weighted by Crippen LogP contribution is 2.23. The van der Waals surface area contributed by atoms with Gasteiger partial charge in [0.05, 0.1) is 19.9 Å². The van der Waals surface area contributed by atoms with Gasteiger partial charge < -0.3 is 18.9 Å². The van der Waals surface area contributed by atoms with E-state index < -0.39 is 6.10 Å². The van der Waals surface area contributed by atoms with Gasteiger partial charge in [-0.2, -0.15) is 0 Å². The molecule has 0 aliphatic rings. The molecular formula is C25H27NO4. The minimum atomic E-state index is -0.411. The molecule has 5 heteroatoms. The van der Waals surface area contributed by atoms with Gasteiger partial charge >= 0.3 is 0 Å². The minimum Gasteiger partial charge on any atom is -0.497 e. The number of hydrogen-bond donors (Lipinski definition) is 0. The molecule has 1 unspecified atom stereocenters. The third kappa shape index (κ3) is 5.77. The van der Waals surface area contributed by atoms with E-state index in [0.29, 0.717) is 11.6 Å². The van der Waals surface area contributed by atoms with Crippen LogP contribution < -0.4 is 18.9 Å². The molecule has 3 aromatic carbocycles. The van der Waals surface area contributed by atoms with Crippen LogP contribution in [0.2, 0.25) is 0 Å². The number of benzene rings is 3. The summed E-state index contributed by atoms with van der Waals surface area (Å²) in [6.07, 6.45) is 0.519. The first-order valence-electron chi connectivity index (χ1n) is 9.91. The van der Waals surface area contributed by atoms with Gasteiger partial charge in [0, 0.05) is 0 Å². The zero-order valence-electron chi connectivity index (χ0n) is 17.8. The Labute approximate surface area is 177 Å². The SMILES string of the molecule is CCc1cccc(OC(=Nc2ccc(OC)cc2)C(C)Oc2ccc(OC)cc2)c1. The van der Waals surface area contributed by atoms with E-state index in [-0.39, 0.29) is 0 Å². The normalized spacial score (nSPS) is 12.2. The van der Waals surface area contributed by atoms with Crippen molar-refractivity contribution in [2.75, 3.05) is 14.2 Å². The number of methoxy groups -OCH3 is 2. The Morgan fingerprint density at radius 1 is 0.800 bits per heavy atom. The Balaban J connectivity index is 1.86. The van der Waals surface area contributed by atoms with Gasteiger partial charge in [0.25, 0.3) is 0 Å². The zero-order chi connectivity index (χ0) is 21.3. The number of nitrogens with zero attached hydrogens (tertiary/aromatic N) is 1. The lowest BCUT2D eigenvalue weighted by atomic mass is 10.2. The molecule has 0 aliphatic heterocycles. The van der Waals surface area contributed by atoms with E-state index in [9.17, 15) is 0 Å². The van der Waals surface area contributed by atoms with Crippen molar-refractivity contribution in [3.63, 3.8) is 0 Å². The Kier molecular flexibility index (Phi) is 7.33. The fourth-order valence-corrected chi connectivity index (χ4v) is 2.84. The van der Waals surface area contributed by atoms with Crippen LogP contribution in [0, 0.1) is 0 Å². The second kappa shape index (κ2) is 10.3. The molecule has 0 spiro atoms. The van der Waals surface area contributed by atoms with Crippen molar-refractivity contribution in [1.29, 1.82) is 0 Å². The Hall–Kier alpha value is -3.47. The van der Waals surface area contributed by atoms with Crippen molar-refractivity contribution >= 4 is 11.6 Å². The van der Waals surface area contributed by atoms with Crippen molar-refractivity contribution in [2.45, 2.75) is 26.4 Å². The lowest BCUT2D eigenvalue weighted by molar-refractivity contribution is 0.262. The van der Waals surface area contributed by atoms with Gasteiger partial charge in [0.15, 0.2) is 6.10 Å². The fraction of sp³-hybridized carbons (Fsp3) is 0.240. The molecule has 0 aromatic heterocycles. The molecule has 0 saturated carbocycles. The molecule has 0 bridgehead atoms. The summed E-state index contributed by atoms with van der Waals surface area (Å²) >= 11 is 0. The predicted molar refractivity (Wildman–Crippen MR) is 120 cm³/mol. The van der Waals surface area contributed by atoms with Crippen molar-refractivity contribution in [1.82, 2.24) is 0 Å². The summed E-state index contributed by atoms with van der Waals surface area (Å²) in [7, 11) is 3.27. The average Bonchev–Trinajstić information content (AvgIpc) is 2.79. The van der Waals surface area contributed by atoms with Gasteiger partial charge in [-0.3, -0.25) is 0 Å². The maximum Gasteiger partial charge on any atom is 0.236 e. The minimum absolute atomic E-state index is 0.411. The van der Waals surface area contributed by atoms with Gasteiger partial charge in [0.2, 0.25) is 5.90 Å². The topological polar surface area (TPSA) is 49.3 Å². The van der Waals surface area contributed by atoms with Gasteiger partial charge in [-0.15, -0.1) is 0 Å². The quantitative estimate of drug-likeness (QED) is 0.349. The number of aryl methyl sites for hydroxylation is 1. The number of rotatable bonds is 8. The highest BCUT2D eigenvalue weighted by atomic mass is 16.5. The maximum absolute atomic E-state index is 6.17. The smallest absolute Gasteiger partial charge is 0.236 e. The molecule has 1 atom stereocenters. The van der Waals surface area contributed by atoms with Crippen LogP contribution in [0.1, 0.15) is 19.4 Å². The van der Waals surface area contributed by atoms with Crippen LogP contribution in [-0.2, 0) is 6.42 Å². The molecule has 0 fully saturated rings. The lowest BCUT2D eigenvalue weighted by Gasteiger charge is -2.18. The molecule has 0 heterocycles. The maximum atomic E-state index is 6.17. The number of ether oxygens (including phenoxy) is 4. The highest BCUT2D eigenvalue weighted by Gasteiger charge is 2.16. The number of hydrogen-bond acceptors (Lipinski definition) is 5. The first-order valence-corrected chi connectivity index (χ1v) is 9.91. The lowest BCUT2D eigenvalue weighted by Crippen LogP contribution is -2.28. The van der Waals surface area contributed by atoms with Crippen molar-refractivity contribution in [3.05, 3.63) is 78.4 Å². The van der Waals surface area contributed by atoms with Gasteiger partial charge in [-0.1, -0.05) is 19.1 Å². The van der Waals surface area contributed by atoms with Crippen molar-refractivity contribution < 1.29 is 18.9 Å². The molecule has 0 N–H and O–H groups in total. The van der Waals surface area contributed by atoms with E-state index in [1.807, 2.05) is 73.7 Å². The van der Waals surface area contributed by atoms with E-state index in [0.717, 1.165) is 29.4 Å². The van der Waals surface area contributed by atoms with Crippen LogP contribution in [0.5, 0.6) is 23.0 Å². The van der Waals surface area contributed by atoms with Crippen LogP contribution in [0.15, 0.2) is 77.8 Å².